The molecule has 1 amide bonds. The summed E-state index contributed by atoms with van der Waals surface area (Å²) in [5, 5.41) is 0. The van der Waals surface area contributed by atoms with Crippen molar-refractivity contribution in [2.75, 3.05) is 26.2 Å². The van der Waals surface area contributed by atoms with Crippen LogP contribution >= 0.6 is 0 Å². The molecule has 2 unspecified atom stereocenters. The monoisotopic (exact) mass is 279 g/mol. The maximum absolute atomic E-state index is 12.7. The summed E-state index contributed by atoms with van der Waals surface area (Å²) in [4.78, 5) is 17.2. The third-order valence-electron chi connectivity index (χ3n) is 5.46. The average molecular weight is 279 g/mol. The van der Waals surface area contributed by atoms with Crippen LogP contribution in [0.4, 0.5) is 0 Å². The molecule has 4 nitrogen and oxygen atoms in total. The van der Waals surface area contributed by atoms with Crippen molar-refractivity contribution < 1.29 is 4.79 Å². The molecule has 0 aromatic rings. The lowest BCUT2D eigenvalue weighted by Gasteiger charge is -2.31. The molecule has 0 aromatic carbocycles. The topological polar surface area (TPSA) is 49.6 Å². The van der Waals surface area contributed by atoms with Gasteiger partial charge in [0.15, 0.2) is 0 Å². The predicted molar refractivity (Wildman–Crippen MR) is 80.3 cm³/mol. The van der Waals surface area contributed by atoms with Crippen molar-refractivity contribution in [3.05, 3.63) is 0 Å². The van der Waals surface area contributed by atoms with Gasteiger partial charge >= 0.3 is 0 Å². The maximum atomic E-state index is 12.7. The normalized spacial score (nSPS) is 32.4. The Hall–Kier alpha value is -0.610. The smallest absolute Gasteiger partial charge is 0.237 e. The lowest BCUT2D eigenvalue weighted by Crippen LogP contribution is -2.46. The zero-order valence-corrected chi connectivity index (χ0v) is 13.0. The Morgan fingerprint density at radius 2 is 2.10 bits per heavy atom. The van der Waals surface area contributed by atoms with Crippen molar-refractivity contribution in [1.29, 1.82) is 0 Å². The van der Waals surface area contributed by atoms with Crippen molar-refractivity contribution in [2.24, 2.45) is 17.1 Å². The quantitative estimate of drug-likeness (QED) is 0.800. The predicted octanol–water partition coefficient (Wildman–Crippen LogP) is 1.45. The maximum Gasteiger partial charge on any atom is 0.237 e. The van der Waals surface area contributed by atoms with Gasteiger partial charge in [-0.2, -0.15) is 0 Å². The minimum Gasteiger partial charge on any atom is -0.336 e. The fourth-order valence-corrected chi connectivity index (χ4v) is 3.62. The lowest BCUT2D eigenvalue weighted by atomic mass is 9.90. The van der Waals surface area contributed by atoms with Gasteiger partial charge in [0.05, 0.1) is 6.54 Å². The van der Waals surface area contributed by atoms with E-state index in [2.05, 4.69) is 23.6 Å². The molecule has 2 N–H and O–H groups in total. The van der Waals surface area contributed by atoms with E-state index in [0.29, 0.717) is 24.5 Å². The molecule has 0 radical (unpaired) electrons. The molecular weight excluding hydrogens is 250 g/mol. The van der Waals surface area contributed by atoms with Crippen LogP contribution in [-0.4, -0.2) is 54.0 Å². The molecule has 20 heavy (non-hydrogen) atoms. The first-order valence-corrected chi connectivity index (χ1v) is 8.26. The van der Waals surface area contributed by atoms with E-state index in [-0.39, 0.29) is 5.41 Å². The molecule has 2 atom stereocenters. The number of nitrogens with two attached hydrogens (primary N) is 1. The van der Waals surface area contributed by atoms with Crippen LogP contribution in [0.2, 0.25) is 0 Å². The van der Waals surface area contributed by atoms with E-state index in [1.807, 2.05) is 0 Å². The van der Waals surface area contributed by atoms with Crippen LogP contribution in [0, 0.1) is 11.3 Å². The molecule has 0 spiro atoms. The second kappa shape index (κ2) is 5.30. The summed E-state index contributed by atoms with van der Waals surface area (Å²) in [6.07, 6.45) is 6.17. The summed E-state index contributed by atoms with van der Waals surface area (Å²) < 4.78 is 0. The molecule has 4 heteroatoms. The Morgan fingerprint density at radius 1 is 1.40 bits per heavy atom. The van der Waals surface area contributed by atoms with Gasteiger partial charge in [0.25, 0.3) is 0 Å². The van der Waals surface area contributed by atoms with Gasteiger partial charge in [-0.05, 0) is 63.5 Å². The number of carbonyl (C=O) groups is 1. The molecule has 2 aliphatic carbocycles. The molecular formula is C16H29N3O. The minimum absolute atomic E-state index is 0.215. The molecule has 3 fully saturated rings. The highest BCUT2D eigenvalue weighted by Gasteiger charge is 2.42. The van der Waals surface area contributed by atoms with Gasteiger partial charge in [-0.3, -0.25) is 9.69 Å². The van der Waals surface area contributed by atoms with E-state index in [1.165, 1.54) is 25.7 Å². The Labute approximate surface area is 122 Å². The van der Waals surface area contributed by atoms with E-state index < -0.39 is 0 Å². The van der Waals surface area contributed by atoms with E-state index in [1.54, 1.807) is 0 Å². The summed E-state index contributed by atoms with van der Waals surface area (Å²) in [6.45, 7) is 7.82. The highest BCUT2D eigenvalue weighted by molar-refractivity contribution is 5.79. The molecule has 2 saturated carbocycles. The van der Waals surface area contributed by atoms with Crippen molar-refractivity contribution in [2.45, 2.75) is 58.0 Å². The Morgan fingerprint density at radius 3 is 2.60 bits per heavy atom. The number of carbonyl (C=O) groups excluding carboxylic acids is 1. The minimum atomic E-state index is 0.215. The van der Waals surface area contributed by atoms with E-state index in [9.17, 15) is 4.79 Å². The first kappa shape index (κ1) is 14.3. The van der Waals surface area contributed by atoms with E-state index >= 15 is 0 Å². The van der Waals surface area contributed by atoms with E-state index in [4.69, 9.17) is 5.73 Å². The summed E-state index contributed by atoms with van der Waals surface area (Å²) in [7, 11) is 0. The zero-order valence-electron chi connectivity index (χ0n) is 13.0. The fraction of sp³-hybridized carbons (Fsp3) is 0.938. The number of amides is 1. The second-order valence-electron chi connectivity index (χ2n) is 7.59. The van der Waals surface area contributed by atoms with Gasteiger partial charge in [0.2, 0.25) is 5.91 Å². The first-order chi connectivity index (χ1) is 9.52. The van der Waals surface area contributed by atoms with Crippen molar-refractivity contribution >= 4 is 5.91 Å². The van der Waals surface area contributed by atoms with Gasteiger partial charge in [-0.1, -0.05) is 6.92 Å². The molecule has 1 aliphatic heterocycles. The fourth-order valence-electron chi connectivity index (χ4n) is 3.62. The largest absolute Gasteiger partial charge is 0.336 e. The molecule has 3 rings (SSSR count). The molecule has 0 aromatic heterocycles. The second-order valence-corrected chi connectivity index (χ2v) is 7.59. The number of nitrogens with zero attached hydrogens (tertiary/aromatic N) is 2. The molecule has 0 bridgehead atoms. The summed E-state index contributed by atoms with van der Waals surface area (Å²) in [5.41, 5.74) is 6.07. The SMILES string of the molecule is CC(C1CC1)N(C(=O)CN1CCC(C)(CN)C1)C1CC1. The molecule has 114 valence electrons. The van der Waals surface area contributed by atoms with Crippen LogP contribution in [-0.2, 0) is 4.79 Å². The highest BCUT2D eigenvalue weighted by atomic mass is 16.2. The Balaban J connectivity index is 1.57. The van der Waals surface area contributed by atoms with Gasteiger partial charge in [0, 0.05) is 18.6 Å². The number of hydrogen-bond donors (Lipinski definition) is 1. The molecule has 3 aliphatic rings. The van der Waals surface area contributed by atoms with Gasteiger partial charge in [-0.25, -0.2) is 0 Å². The standard InChI is InChI=1S/C16H29N3O/c1-12(13-3-4-13)19(14-5-6-14)15(20)9-18-8-7-16(2,10-17)11-18/h12-14H,3-11,17H2,1-2H3. The summed E-state index contributed by atoms with van der Waals surface area (Å²) in [5.74, 6) is 1.13. The Kier molecular flexibility index (Phi) is 3.80. The summed E-state index contributed by atoms with van der Waals surface area (Å²) in [6, 6.07) is 1.00. The number of likely N-dealkylation sites (tertiary alicyclic amines) is 1. The molecule has 1 saturated heterocycles. The lowest BCUT2D eigenvalue weighted by molar-refractivity contribution is -0.135. The first-order valence-electron chi connectivity index (χ1n) is 8.26. The third-order valence-corrected chi connectivity index (χ3v) is 5.46. The van der Waals surface area contributed by atoms with Gasteiger partial charge < -0.3 is 10.6 Å². The summed E-state index contributed by atoms with van der Waals surface area (Å²) >= 11 is 0. The average Bonchev–Trinajstić information content (AvgIpc) is 3.30. The van der Waals surface area contributed by atoms with Crippen molar-refractivity contribution in [3.8, 4) is 0 Å². The highest BCUT2D eigenvalue weighted by Crippen LogP contribution is 2.40. The Bertz CT molecular complexity index is 378. The number of rotatable bonds is 6. The van der Waals surface area contributed by atoms with Crippen LogP contribution in [0.5, 0.6) is 0 Å². The third kappa shape index (κ3) is 3.01. The van der Waals surface area contributed by atoms with Crippen LogP contribution < -0.4 is 5.73 Å². The molecule has 1 heterocycles. The van der Waals surface area contributed by atoms with Crippen LogP contribution in [0.1, 0.15) is 46.0 Å². The van der Waals surface area contributed by atoms with E-state index in [0.717, 1.165) is 32.0 Å². The van der Waals surface area contributed by atoms with Gasteiger partial charge in [0.1, 0.15) is 0 Å². The van der Waals surface area contributed by atoms with Crippen LogP contribution in [0.25, 0.3) is 0 Å². The number of hydrogen-bond acceptors (Lipinski definition) is 3. The van der Waals surface area contributed by atoms with Crippen LogP contribution in [0.3, 0.4) is 0 Å². The van der Waals surface area contributed by atoms with Crippen LogP contribution in [0.15, 0.2) is 0 Å². The van der Waals surface area contributed by atoms with Crippen molar-refractivity contribution in [1.82, 2.24) is 9.80 Å². The zero-order chi connectivity index (χ0) is 14.3. The van der Waals surface area contributed by atoms with Gasteiger partial charge in [-0.15, -0.1) is 0 Å². The van der Waals surface area contributed by atoms with Crippen molar-refractivity contribution in [3.63, 3.8) is 0 Å².